The van der Waals surface area contributed by atoms with Gasteiger partial charge < -0.3 is 10.2 Å². The largest absolute Gasteiger partial charge is 0.391 e. The molecule has 0 aliphatic rings. The molecule has 0 fully saturated rings. The second-order valence-electron chi connectivity index (χ2n) is 6.64. The third-order valence-electron chi connectivity index (χ3n) is 4.52. The molecule has 7 heteroatoms. The van der Waals surface area contributed by atoms with Crippen molar-refractivity contribution in [2.75, 3.05) is 5.32 Å². The molecule has 0 saturated carbocycles. The van der Waals surface area contributed by atoms with Crippen LogP contribution in [0.4, 0.5) is 11.5 Å². The Labute approximate surface area is 184 Å². The van der Waals surface area contributed by atoms with Crippen LogP contribution in [-0.4, -0.2) is 15.7 Å². The van der Waals surface area contributed by atoms with Gasteiger partial charge in [0.1, 0.15) is 18.8 Å². The third kappa shape index (κ3) is 4.70. The molecule has 1 N–H and O–H groups in total. The van der Waals surface area contributed by atoms with Crippen molar-refractivity contribution >= 4 is 51.3 Å². The first-order valence-electron chi connectivity index (χ1n) is 9.28. The maximum absolute atomic E-state index is 6.02. The van der Waals surface area contributed by atoms with Crippen LogP contribution in [0.3, 0.4) is 0 Å². The van der Waals surface area contributed by atoms with E-state index in [1.165, 1.54) is 0 Å². The van der Waals surface area contributed by atoms with Crippen LogP contribution in [0.15, 0.2) is 78.2 Å². The van der Waals surface area contributed by atoms with Gasteiger partial charge >= 0.3 is 0 Å². The average Bonchev–Trinajstić information content (AvgIpc) is 2.77. The van der Waals surface area contributed by atoms with Crippen molar-refractivity contribution < 1.29 is 4.84 Å². The van der Waals surface area contributed by atoms with E-state index in [1.54, 1.807) is 18.5 Å². The Kier molecular flexibility index (Phi) is 6.12. The van der Waals surface area contributed by atoms with E-state index in [4.69, 9.17) is 28.0 Å². The van der Waals surface area contributed by atoms with Crippen molar-refractivity contribution in [2.45, 2.75) is 13.5 Å². The van der Waals surface area contributed by atoms with Gasteiger partial charge in [-0.3, -0.25) is 0 Å². The highest BCUT2D eigenvalue weighted by Gasteiger charge is 2.05. The van der Waals surface area contributed by atoms with E-state index in [-0.39, 0.29) is 0 Å². The molecular weight excluding hydrogens is 419 g/mol. The number of nitrogens with one attached hydrogen (secondary N) is 1. The summed E-state index contributed by atoms with van der Waals surface area (Å²) >= 11 is 11.9. The van der Waals surface area contributed by atoms with Gasteiger partial charge in [-0.05, 0) is 54.4 Å². The van der Waals surface area contributed by atoms with Gasteiger partial charge in [0.2, 0.25) is 0 Å². The van der Waals surface area contributed by atoms with Gasteiger partial charge in [0, 0.05) is 11.1 Å². The summed E-state index contributed by atoms with van der Waals surface area (Å²) in [7, 11) is 0. The van der Waals surface area contributed by atoms with Gasteiger partial charge in [-0.15, -0.1) is 0 Å². The number of hydrogen-bond donors (Lipinski definition) is 1. The second-order valence-corrected chi connectivity index (χ2v) is 7.45. The molecule has 0 aliphatic heterocycles. The summed E-state index contributed by atoms with van der Waals surface area (Å²) in [6.07, 6.45) is 1.56. The number of aromatic nitrogens is 2. The minimum atomic E-state index is 0.314. The zero-order chi connectivity index (χ0) is 20.9. The summed E-state index contributed by atoms with van der Waals surface area (Å²) in [5, 5.41) is 9.52. The molecular formula is C23H18Cl2N4O. The van der Waals surface area contributed by atoms with E-state index in [0.717, 1.165) is 39.2 Å². The molecule has 4 aromatic rings. The molecule has 0 saturated heterocycles. The number of hydrogen-bond acceptors (Lipinski definition) is 5. The van der Waals surface area contributed by atoms with Crippen LogP contribution >= 0.6 is 23.2 Å². The van der Waals surface area contributed by atoms with E-state index >= 15 is 0 Å². The molecule has 0 amide bonds. The van der Waals surface area contributed by atoms with Gasteiger partial charge in [-0.25, -0.2) is 9.97 Å². The average molecular weight is 437 g/mol. The highest BCUT2D eigenvalue weighted by molar-refractivity contribution is 6.42. The molecule has 3 aromatic carbocycles. The Morgan fingerprint density at radius 3 is 2.57 bits per heavy atom. The normalized spacial score (nSPS) is 11.5. The molecule has 1 aromatic heterocycles. The molecule has 30 heavy (non-hydrogen) atoms. The number of nitrogens with zero attached hydrogens (tertiary/aromatic N) is 3. The van der Waals surface area contributed by atoms with Crippen molar-refractivity contribution in [2.24, 2.45) is 5.16 Å². The first kappa shape index (κ1) is 20.1. The molecule has 0 aliphatic carbocycles. The van der Waals surface area contributed by atoms with Gasteiger partial charge in [-0.1, -0.05) is 58.7 Å². The highest BCUT2D eigenvalue weighted by Crippen LogP contribution is 2.24. The van der Waals surface area contributed by atoms with Gasteiger partial charge in [-0.2, -0.15) is 0 Å². The van der Waals surface area contributed by atoms with Crippen LogP contribution in [0.25, 0.3) is 10.9 Å². The molecule has 0 spiro atoms. The summed E-state index contributed by atoms with van der Waals surface area (Å²) in [5.41, 5.74) is 4.45. The molecule has 0 unspecified atom stereocenters. The summed E-state index contributed by atoms with van der Waals surface area (Å²) < 4.78 is 0. The van der Waals surface area contributed by atoms with E-state index in [9.17, 15) is 0 Å². The van der Waals surface area contributed by atoms with Gasteiger partial charge in [0.05, 0.1) is 21.3 Å². The quantitative estimate of drug-likeness (QED) is 0.272. The van der Waals surface area contributed by atoms with Crippen molar-refractivity contribution in [3.63, 3.8) is 0 Å². The Morgan fingerprint density at radius 1 is 0.967 bits per heavy atom. The molecule has 5 nitrogen and oxygen atoms in total. The Balaban J connectivity index is 1.42. The number of fused-ring (bicyclic) bond motifs is 1. The Bertz CT molecular complexity index is 1200. The lowest BCUT2D eigenvalue weighted by molar-refractivity contribution is 0.130. The molecule has 150 valence electrons. The first-order chi connectivity index (χ1) is 14.6. The van der Waals surface area contributed by atoms with Crippen molar-refractivity contribution in [3.8, 4) is 0 Å². The topological polar surface area (TPSA) is 59.4 Å². The maximum Gasteiger partial charge on any atom is 0.142 e. The summed E-state index contributed by atoms with van der Waals surface area (Å²) in [5.74, 6) is 0.767. The van der Waals surface area contributed by atoms with E-state index in [0.29, 0.717) is 16.7 Å². The van der Waals surface area contributed by atoms with Gasteiger partial charge in [0.15, 0.2) is 0 Å². The number of benzene rings is 3. The summed E-state index contributed by atoms with van der Waals surface area (Å²) in [6.45, 7) is 2.21. The maximum atomic E-state index is 6.02. The van der Waals surface area contributed by atoms with E-state index in [2.05, 4.69) is 20.4 Å². The lowest BCUT2D eigenvalue weighted by atomic mass is 10.1. The van der Waals surface area contributed by atoms with Gasteiger partial charge in [0.25, 0.3) is 0 Å². The fourth-order valence-electron chi connectivity index (χ4n) is 2.92. The van der Waals surface area contributed by atoms with Crippen LogP contribution in [-0.2, 0) is 11.4 Å². The van der Waals surface area contributed by atoms with Crippen LogP contribution in [0, 0.1) is 0 Å². The zero-order valence-electron chi connectivity index (χ0n) is 16.1. The predicted octanol–water partition coefficient (Wildman–Crippen LogP) is 6.62. The predicted molar refractivity (Wildman–Crippen MR) is 123 cm³/mol. The summed E-state index contributed by atoms with van der Waals surface area (Å²) in [4.78, 5) is 14.1. The smallest absolute Gasteiger partial charge is 0.142 e. The SMILES string of the molecule is CC(=NOCc1ccc(Cl)c(Cl)c1)c1ccc(Nc2ncnc3ccccc23)cc1. The molecule has 0 bridgehead atoms. The van der Waals surface area contributed by atoms with E-state index < -0.39 is 0 Å². The Hall–Kier alpha value is -3.15. The third-order valence-corrected chi connectivity index (χ3v) is 5.26. The van der Waals surface area contributed by atoms with Crippen LogP contribution in [0.2, 0.25) is 10.0 Å². The second kappa shape index (κ2) is 9.11. The number of rotatable bonds is 6. The Morgan fingerprint density at radius 2 is 1.77 bits per heavy atom. The van der Waals surface area contributed by atoms with Crippen LogP contribution < -0.4 is 5.32 Å². The van der Waals surface area contributed by atoms with Crippen LogP contribution in [0.1, 0.15) is 18.1 Å². The first-order valence-corrected chi connectivity index (χ1v) is 10.0. The van der Waals surface area contributed by atoms with Crippen molar-refractivity contribution in [1.29, 1.82) is 0 Å². The van der Waals surface area contributed by atoms with Crippen LogP contribution in [0.5, 0.6) is 0 Å². The highest BCUT2D eigenvalue weighted by atomic mass is 35.5. The monoisotopic (exact) mass is 436 g/mol. The molecule has 4 rings (SSSR count). The standard InChI is InChI=1S/C23H18Cl2N4O/c1-15(29-30-13-16-6-11-20(24)21(25)12-16)17-7-9-18(10-8-17)28-23-19-4-2-3-5-22(19)26-14-27-23/h2-12,14H,13H2,1H3,(H,26,27,28). The number of para-hydroxylation sites is 1. The summed E-state index contributed by atoms with van der Waals surface area (Å²) in [6, 6.07) is 21.2. The minimum absolute atomic E-state index is 0.314. The van der Waals surface area contributed by atoms with Crippen molar-refractivity contribution in [3.05, 3.63) is 94.2 Å². The lowest BCUT2D eigenvalue weighted by Gasteiger charge is -2.09. The molecule has 0 radical (unpaired) electrons. The van der Waals surface area contributed by atoms with E-state index in [1.807, 2.05) is 61.5 Å². The minimum Gasteiger partial charge on any atom is -0.391 e. The number of anilines is 2. The fourth-order valence-corrected chi connectivity index (χ4v) is 3.24. The number of oxime groups is 1. The fraction of sp³-hybridized carbons (Fsp3) is 0.0870. The number of halogens is 2. The molecule has 0 atom stereocenters. The zero-order valence-corrected chi connectivity index (χ0v) is 17.7. The van der Waals surface area contributed by atoms with Crippen molar-refractivity contribution in [1.82, 2.24) is 9.97 Å². The lowest BCUT2D eigenvalue weighted by Crippen LogP contribution is -1.99. The molecule has 1 heterocycles.